The molecule has 0 aliphatic carbocycles. The van der Waals surface area contributed by atoms with Crippen molar-refractivity contribution in [1.82, 2.24) is 0 Å². The number of halogens is 1. The van der Waals surface area contributed by atoms with Crippen LogP contribution < -0.4 is 5.73 Å². The standard InChI is InChI=1S/C13H18INO2/c1-9(2)13(15,12(16)17-3)8-10-6-4-5-7-11(10)14/h4-7,9H,8,15H2,1-3H3/t13-/m1/s1. The summed E-state index contributed by atoms with van der Waals surface area (Å²) >= 11 is 2.25. The summed E-state index contributed by atoms with van der Waals surface area (Å²) in [4.78, 5) is 11.8. The minimum atomic E-state index is -0.962. The van der Waals surface area contributed by atoms with Crippen LogP contribution in [-0.2, 0) is 16.0 Å². The van der Waals surface area contributed by atoms with Crippen LogP contribution in [-0.4, -0.2) is 18.6 Å². The van der Waals surface area contributed by atoms with E-state index < -0.39 is 5.54 Å². The Morgan fingerprint density at radius 3 is 2.53 bits per heavy atom. The maximum Gasteiger partial charge on any atom is 0.326 e. The monoisotopic (exact) mass is 347 g/mol. The molecule has 1 aromatic carbocycles. The first-order valence-corrected chi connectivity index (χ1v) is 6.60. The van der Waals surface area contributed by atoms with Crippen LogP contribution in [0.4, 0.5) is 0 Å². The fourth-order valence-corrected chi connectivity index (χ4v) is 2.24. The zero-order chi connectivity index (χ0) is 13.1. The third-order valence-corrected chi connectivity index (χ3v) is 4.09. The Bertz CT molecular complexity index is 406. The van der Waals surface area contributed by atoms with Gasteiger partial charge in [0.2, 0.25) is 0 Å². The predicted octanol–water partition coefficient (Wildman–Crippen LogP) is 2.36. The van der Waals surface area contributed by atoms with Gasteiger partial charge in [0.05, 0.1) is 7.11 Å². The summed E-state index contributed by atoms with van der Waals surface area (Å²) in [5, 5.41) is 0. The van der Waals surface area contributed by atoms with Crippen molar-refractivity contribution < 1.29 is 9.53 Å². The van der Waals surface area contributed by atoms with Gasteiger partial charge in [0.1, 0.15) is 5.54 Å². The van der Waals surface area contributed by atoms with Crippen molar-refractivity contribution in [3.05, 3.63) is 33.4 Å². The first kappa shape index (κ1) is 14.4. The summed E-state index contributed by atoms with van der Waals surface area (Å²) < 4.78 is 5.94. The molecule has 0 heterocycles. The van der Waals surface area contributed by atoms with Gasteiger partial charge in [-0.3, -0.25) is 4.79 Å². The third kappa shape index (κ3) is 3.19. The molecule has 0 radical (unpaired) electrons. The lowest BCUT2D eigenvalue weighted by molar-refractivity contribution is -0.148. The molecule has 0 saturated carbocycles. The molecule has 17 heavy (non-hydrogen) atoms. The van der Waals surface area contributed by atoms with Gasteiger partial charge >= 0.3 is 5.97 Å². The van der Waals surface area contributed by atoms with Crippen molar-refractivity contribution in [2.75, 3.05) is 7.11 Å². The van der Waals surface area contributed by atoms with Crippen LogP contribution in [0.25, 0.3) is 0 Å². The van der Waals surface area contributed by atoms with Crippen molar-refractivity contribution in [2.24, 2.45) is 11.7 Å². The molecule has 1 atom stereocenters. The minimum Gasteiger partial charge on any atom is -0.468 e. The van der Waals surface area contributed by atoms with E-state index in [0.717, 1.165) is 9.13 Å². The fourth-order valence-electron chi connectivity index (χ4n) is 1.66. The average molecular weight is 347 g/mol. The van der Waals surface area contributed by atoms with E-state index in [1.165, 1.54) is 7.11 Å². The second kappa shape index (κ2) is 5.82. The highest BCUT2D eigenvalue weighted by Gasteiger charge is 2.39. The van der Waals surface area contributed by atoms with Gasteiger partial charge < -0.3 is 10.5 Å². The van der Waals surface area contributed by atoms with Crippen LogP contribution in [0.15, 0.2) is 24.3 Å². The van der Waals surface area contributed by atoms with Gasteiger partial charge in [0.25, 0.3) is 0 Å². The van der Waals surface area contributed by atoms with Crippen LogP contribution in [0.5, 0.6) is 0 Å². The smallest absolute Gasteiger partial charge is 0.326 e. The minimum absolute atomic E-state index is 0.0194. The maximum atomic E-state index is 11.8. The number of carbonyl (C=O) groups is 1. The van der Waals surface area contributed by atoms with E-state index in [0.29, 0.717) is 6.42 Å². The summed E-state index contributed by atoms with van der Waals surface area (Å²) in [5.74, 6) is -0.335. The first-order chi connectivity index (χ1) is 7.91. The van der Waals surface area contributed by atoms with Gasteiger partial charge in [-0.25, -0.2) is 0 Å². The second-order valence-corrected chi connectivity index (χ2v) is 5.62. The lowest BCUT2D eigenvalue weighted by atomic mass is 9.82. The number of hydrogen-bond acceptors (Lipinski definition) is 3. The summed E-state index contributed by atoms with van der Waals surface area (Å²) in [6.45, 7) is 3.87. The third-order valence-electron chi connectivity index (χ3n) is 3.04. The molecule has 0 aliphatic rings. The molecule has 2 N–H and O–H groups in total. The van der Waals surface area contributed by atoms with E-state index in [2.05, 4.69) is 22.6 Å². The molecule has 0 fully saturated rings. The normalized spacial score (nSPS) is 14.5. The molecule has 1 aromatic rings. The molecule has 0 bridgehead atoms. The number of hydrogen-bond donors (Lipinski definition) is 1. The molecule has 0 saturated heterocycles. The summed E-state index contributed by atoms with van der Waals surface area (Å²) in [6, 6.07) is 7.93. The summed E-state index contributed by atoms with van der Waals surface area (Å²) in [6.07, 6.45) is 0.496. The molecular weight excluding hydrogens is 329 g/mol. The zero-order valence-corrected chi connectivity index (χ0v) is 12.5. The fraction of sp³-hybridized carbons (Fsp3) is 0.462. The largest absolute Gasteiger partial charge is 0.468 e. The van der Waals surface area contributed by atoms with Gasteiger partial charge in [0.15, 0.2) is 0 Å². The highest BCUT2D eigenvalue weighted by molar-refractivity contribution is 14.1. The molecule has 0 aliphatic heterocycles. The van der Waals surface area contributed by atoms with E-state index in [9.17, 15) is 4.79 Å². The Morgan fingerprint density at radius 1 is 1.47 bits per heavy atom. The van der Waals surface area contributed by atoms with Gasteiger partial charge in [-0.2, -0.15) is 0 Å². The first-order valence-electron chi connectivity index (χ1n) is 5.52. The predicted molar refractivity (Wildman–Crippen MR) is 76.6 cm³/mol. The van der Waals surface area contributed by atoms with E-state index in [-0.39, 0.29) is 11.9 Å². The number of rotatable bonds is 4. The molecule has 0 unspecified atom stereocenters. The second-order valence-electron chi connectivity index (χ2n) is 4.45. The molecule has 0 aromatic heterocycles. The van der Waals surface area contributed by atoms with E-state index in [4.69, 9.17) is 10.5 Å². The van der Waals surface area contributed by atoms with Crippen molar-refractivity contribution >= 4 is 28.6 Å². The van der Waals surface area contributed by atoms with Gasteiger partial charge in [-0.15, -0.1) is 0 Å². The van der Waals surface area contributed by atoms with Crippen molar-refractivity contribution in [2.45, 2.75) is 25.8 Å². The molecule has 4 heteroatoms. The molecule has 3 nitrogen and oxygen atoms in total. The highest BCUT2D eigenvalue weighted by atomic mass is 127. The van der Waals surface area contributed by atoms with Crippen LogP contribution in [0.1, 0.15) is 19.4 Å². The molecule has 1 rings (SSSR count). The number of ether oxygens (including phenoxy) is 1. The van der Waals surface area contributed by atoms with Gasteiger partial charge in [-0.1, -0.05) is 32.0 Å². The Morgan fingerprint density at radius 2 is 2.06 bits per heavy atom. The number of esters is 1. The SMILES string of the molecule is COC(=O)[C@@](N)(Cc1ccccc1I)C(C)C. The zero-order valence-electron chi connectivity index (χ0n) is 10.4. The molecule has 0 spiro atoms. The summed E-state index contributed by atoms with van der Waals surface area (Å²) in [5.41, 5.74) is 6.33. The van der Waals surface area contributed by atoms with Crippen LogP contribution in [0.2, 0.25) is 0 Å². The van der Waals surface area contributed by atoms with Crippen LogP contribution in [0.3, 0.4) is 0 Å². The maximum absolute atomic E-state index is 11.8. The van der Waals surface area contributed by atoms with E-state index in [1.807, 2.05) is 38.1 Å². The number of nitrogens with two attached hydrogens (primary N) is 1. The van der Waals surface area contributed by atoms with Crippen molar-refractivity contribution in [3.63, 3.8) is 0 Å². The molecule has 0 amide bonds. The van der Waals surface area contributed by atoms with Gasteiger partial charge in [0, 0.05) is 9.99 Å². The topological polar surface area (TPSA) is 52.3 Å². The highest BCUT2D eigenvalue weighted by Crippen LogP contribution is 2.24. The molecular formula is C13H18INO2. The Hall–Kier alpha value is -0.620. The lowest BCUT2D eigenvalue weighted by Gasteiger charge is -2.30. The quantitative estimate of drug-likeness (QED) is 0.672. The van der Waals surface area contributed by atoms with Gasteiger partial charge in [-0.05, 0) is 40.1 Å². The number of benzene rings is 1. The number of methoxy groups -OCH3 is 1. The summed E-state index contributed by atoms with van der Waals surface area (Å²) in [7, 11) is 1.38. The van der Waals surface area contributed by atoms with Crippen molar-refractivity contribution in [3.8, 4) is 0 Å². The Balaban J connectivity index is 3.04. The van der Waals surface area contributed by atoms with E-state index in [1.54, 1.807) is 0 Å². The van der Waals surface area contributed by atoms with Crippen LogP contribution in [0, 0.1) is 9.49 Å². The number of carbonyl (C=O) groups excluding carboxylic acids is 1. The molecule has 94 valence electrons. The van der Waals surface area contributed by atoms with Crippen molar-refractivity contribution in [1.29, 1.82) is 0 Å². The average Bonchev–Trinajstić information content (AvgIpc) is 2.30. The lowest BCUT2D eigenvalue weighted by Crippen LogP contribution is -2.55. The van der Waals surface area contributed by atoms with E-state index >= 15 is 0 Å². The Kier molecular flexibility index (Phi) is 4.94. The van der Waals surface area contributed by atoms with Crippen LogP contribution >= 0.6 is 22.6 Å². The Labute approximate surface area is 116 Å².